The number of carbonyl (C=O) groups excluding carboxylic acids is 1. The van der Waals surface area contributed by atoms with Gasteiger partial charge in [-0.1, -0.05) is 34.6 Å². The summed E-state index contributed by atoms with van der Waals surface area (Å²) in [4.78, 5) is 11.0. The zero-order valence-electron chi connectivity index (χ0n) is 9.81. The van der Waals surface area contributed by atoms with Crippen LogP contribution in [0, 0.1) is 16.7 Å². The molecular formula is C11H21NO2. The molecule has 1 aliphatic heterocycles. The Bertz CT molecular complexity index is 218. The molecule has 0 aliphatic carbocycles. The molecule has 0 aromatic rings. The highest BCUT2D eigenvalue weighted by atomic mass is 16.6. The van der Waals surface area contributed by atoms with Crippen molar-refractivity contribution in [1.29, 1.82) is 0 Å². The number of rotatable bonds is 1. The molecule has 1 heterocycles. The van der Waals surface area contributed by atoms with Crippen molar-refractivity contribution in [3.63, 3.8) is 0 Å². The fraction of sp³-hybridized carbons (Fsp3) is 0.909. The Hall–Kier alpha value is -0.730. The molecule has 3 nitrogen and oxygen atoms in total. The van der Waals surface area contributed by atoms with Crippen LogP contribution in [0.3, 0.4) is 0 Å². The Morgan fingerprint density at radius 2 is 2.00 bits per heavy atom. The van der Waals surface area contributed by atoms with Gasteiger partial charge < -0.3 is 10.1 Å². The molecule has 0 aromatic heterocycles. The molecular weight excluding hydrogens is 178 g/mol. The van der Waals surface area contributed by atoms with E-state index in [0.717, 1.165) is 0 Å². The monoisotopic (exact) mass is 199 g/mol. The molecule has 1 N–H and O–H groups in total. The van der Waals surface area contributed by atoms with Crippen molar-refractivity contribution in [1.82, 2.24) is 5.32 Å². The first-order valence-electron chi connectivity index (χ1n) is 5.20. The van der Waals surface area contributed by atoms with Crippen LogP contribution in [0.5, 0.6) is 0 Å². The second-order valence-electron chi connectivity index (χ2n) is 5.49. The lowest BCUT2D eigenvalue weighted by Crippen LogP contribution is -2.56. The highest BCUT2D eigenvalue weighted by molar-refractivity contribution is 5.68. The van der Waals surface area contributed by atoms with Crippen molar-refractivity contribution in [2.24, 2.45) is 16.7 Å². The van der Waals surface area contributed by atoms with E-state index in [2.05, 4.69) is 39.9 Å². The van der Waals surface area contributed by atoms with Crippen LogP contribution in [-0.2, 0) is 4.74 Å². The highest BCUT2D eigenvalue weighted by Gasteiger charge is 2.47. The Morgan fingerprint density at radius 3 is 2.29 bits per heavy atom. The predicted molar refractivity (Wildman–Crippen MR) is 56.1 cm³/mol. The summed E-state index contributed by atoms with van der Waals surface area (Å²) in [5.41, 5.74) is 0.176. The maximum Gasteiger partial charge on any atom is 0.407 e. The fourth-order valence-electron chi connectivity index (χ4n) is 2.24. The lowest BCUT2D eigenvalue weighted by molar-refractivity contribution is -0.0523. The number of amides is 1. The van der Waals surface area contributed by atoms with Gasteiger partial charge in [0.1, 0.15) is 6.61 Å². The van der Waals surface area contributed by atoms with Crippen molar-refractivity contribution in [2.75, 3.05) is 13.2 Å². The van der Waals surface area contributed by atoms with Crippen molar-refractivity contribution in [3.8, 4) is 0 Å². The third-order valence-electron chi connectivity index (χ3n) is 3.61. The summed E-state index contributed by atoms with van der Waals surface area (Å²) in [6, 6.07) is 0. The zero-order chi connectivity index (χ0) is 11.0. The van der Waals surface area contributed by atoms with E-state index < -0.39 is 0 Å². The van der Waals surface area contributed by atoms with Gasteiger partial charge in [0, 0.05) is 12.0 Å². The Labute approximate surface area is 86.2 Å². The number of alkyl carbamates (subject to hydrolysis) is 1. The third-order valence-corrected chi connectivity index (χ3v) is 3.61. The molecule has 1 fully saturated rings. The van der Waals surface area contributed by atoms with Crippen molar-refractivity contribution >= 4 is 6.09 Å². The number of hydrogen-bond acceptors (Lipinski definition) is 2. The number of ether oxygens (including phenoxy) is 1. The molecule has 1 amide bonds. The molecule has 1 saturated heterocycles. The molecule has 3 heteroatoms. The third kappa shape index (κ3) is 1.72. The number of cyclic esters (lactones) is 1. The smallest absolute Gasteiger partial charge is 0.407 e. The van der Waals surface area contributed by atoms with Crippen LogP contribution in [0.2, 0.25) is 0 Å². The van der Waals surface area contributed by atoms with E-state index in [1.165, 1.54) is 0 Å². The topological polar surface area (TPSA) is 38.3 Å². The van der Waals surface area contributed by atoms with Crippen molar-refractivity contribution in [3.05, 3.63) is 0 Å². The van der Waals surface area contributed by atoms with E-state index in [1.807, 2.05) is 0 Å². The minimum atomic E-state index is -0.287. The summed E-state index contributed by atoms with van der Waals surface area (Å²) in [6.45, 7) is 12.2. The summed E-state index contributed by atoms with van der Waals surface area (Å²) < 4.78 is 5.13. The zero-order valence-corrected chi connectivity index (χ0v) is 9.81. The van der Waals surface area contributed by atoms with Gasteiger partial charge in [0.2, 0.25) is 0 Å². The first kappa shape index (κ1) is 11.3. The molecule has 1 rings (SSSR count). The van der Waals surface area contributed by atoms with Crippen LogP contribution >= 0.6 is 0 Å². The Morgan fingerprint density at radius 1 is 1.43 bits per heavy atom. The van der Waals surface area contributed by atoms with Gasteiger partial charge in [0.05, 0.1) is 0 Å². The molecule has 0 saturated carbocycles. The normalized spacial score (nSPS) is 28.6. The SMILES string of the molecule is CC(C)C1(C(C)(C)C)CNC(=O)OC1. The van der Waals surface area contributed by atoms with E-state index in [4.69, 9.17) is 4.74 Å². The van der Waals surface area contributed by atoms with Gasteiger partial charge in [0.25, 0.3) is 0 Å². The van der Waals surface area contributed by atoms with E-state index in [1.54, 1.807) is 0 Å². The Balaban J connectivity index is 2.90. The molecule has 0 spiro atoms. The standard InChI is InChI=1S/C11H21NO2/c1-8(2)11(10(3,4)5)6-12-9(13)14-7-11/h8H,6-7H2,1-5H3,(H,12,13). The predicted octanol–water partition coefficient (Wildman–Crippen LogP) is 2.41. The lowest BCUT2D eigenvalue weighted by Gasteiger charge is -2.49. The summed E-state index contributed by atoms with van der Waals surface area (Å²) >= 11 is 0. The van der Waals surface area contributed by atoms with Gasteiger partial charge in [-0.05, 0) is 11.3 Å². The molecule has 82 valence electrons. The van der Waals surface area contributed by atoms with Gasteiger partial charge in [-0.15, -0.1) is 0 Å². The molecule has 0 aromatic carbocycles. The minimum absolute atomic E-state index is 0.0426. The number of carbonyl (C=O) groups is 1. The minimum Gasteiger partial charge on any atom is -0.449 e. The molecule has 1 aliphatic rings. The number of nitrogens with one attached hydrogen (secondary N) is 1. The molecule has 0 radical (unpaired) electrons. The summed E-state index contributed by atoms with van der Waals surface area (Å²) in [7, 11) is 0. The van der Waals surface area contributed by atoms with Gasteiger partial charge in [-0.2, -0.15) is 0 Å². The van der Waals surface area contributed by atoms with Crippen LogP contribution in [0.1, 0.15) is 34.6 Å². The van der Waals surface area contributed by atoms with E-state index in [9.17, 15) is 4.79 Å². The summed E-state index contributed by atoms with van der Waals surface area (Å²) in [5.74, 6) is 0.489. The van der Waals surface area contributed by atoms with Gasteiger partial charge in [0.15, 0.2) is 0 Å². The van der Waals surface area contributed by atoms with Crippen molar-refractivity contribution < 1.29 is 9.53 Å². The van der Waals surface area contributed by atoms with Crippen LogP contribution in [-0.4, -0.2) is 19.2 Å². The van der Waals surface area contributed by atoms with E-state index in [-0.39, 0.29) is 16.9 Å². The van der Waals surface area contributed by atoms with Gasteiger partial charge in [-0.3, -0.25) is 0 Å². The second kappa shape index (κ2) is 3.44. The van der Waals surface area contributed by atoms with E-state index >= 15 is 0 Å². The second-order valence-corrected chi connectivity index (χ2v) is 5.49. The van der Waals surface area contributed by atoms with E-state index in [0.29, 0.717) is 19.1 Å². The maximum atomic E-state index is 11.0. The molecule has 0 bridgehead atoms. The quantitative estimate of drug-likeness (QED) is 0.704. The van der Waals surface area contributed by atoms with Crippen LogP contribution < -0.4 is 5.32 Å². The molecule has 14 heavy (non-hydrogen) atoms. The van der Waals surface area contributed by atoms with Crippen LogP contribution in [0.15, 0.2) is 0 Å². The average Bonchev–Trinajstić information content (AvgIpc) is 2.02. The Kier molecular flexibility index (Phi) is 2.79. The van der Waals surface area contributed by atoms with Crippen LogP contribution in [0.25, 0.3) is 0 Å². The average molecular weight is 199 g/mol. The maximum absolute atomic E-state index is 11.0. The first-order valence-corrected chi connectivity index (χ1v) is 5.20. The van der Waals surface area contributed by atoms with Gasteiger partial charge >= 0.3 is 6.09 Å². The van der Waals surface area contributed by atoms with Crippen LogP contribution in [0.4, 0.5) is 4.79 Å². The fourth-order valence-corrected chi connectivity index (χ4v) is 2.24. The van der Waals surface area contributed by atoms with Gasteiger partial charge in [-0.25, -0.2) is 4.79 Å². The summed E-state index contributed by atoms with van der Waals surface area (Å²) in [5, 5.41) is 2.80. The largest absolute Gasteiger partial charge is 0.449 e. The number of hydrogen-bond donors (Lipinski definition) is 1. The molecule has 1 unspecified atom stereocenters. The molecule has 1 atom stereocenters. The lowest BCUT2D eigenvalue weighted by atomic mass is 9.60. The van der Waals surface area contributed by atoms with Crippen molar-refractivity contribution in [2.45, 2.75) is 34.6 Å². The highest BCUT2D eigenvalue weighted by Crippen LogP contribution is 2.45. The first-order chi connectivity index (χ1) is 6.29. The summed E-state index contributed by atoms with van der Waals surface area (Å²) in [6.07, 6.45) is -0.287.